The Balaban J connectivity index is 1.32. The number of anilines is 1. The lowest BCUT2D eigenvalue weighted by Crippen LogP contribution is -2.36. The fourth-order valence-electron chi connectivity index (χ4n) is 3.93. The summed E-state index contributed by atoms with van der Waals surface area (Å²) in [6, 6.07) is 13.9. The van der Waals surface area contributed by atoms with E-state index >= 15 is 0 Å². The summed E-state index contributed by atoms with van der Waals surface area (Å²) in [7, 11) is 0. The van der Waals surface area contributed by atoms with Gasteiger partial charge in [-0.3, -0.25) is 4.79 Å². The van der Waals surface area contributed by atoms with Gasteiger partial charge in [0.15, 0.2) is 5.69 Å². The van der Waals surface area contributed by atoms with Gasteiger partial charge in [-0.1, -0.05) is 17.3 Å². The Bertz CT molecular complexity index is 1200. The maximum Gasteiger partial charge on any atom is 0.276 e. The lowest BCUT2D eigenvalue weighted by atomic mass is 10.2. The molecule has 1 saturated heterocycles. The van der Waals surface area contributed by atoms with Crippen molar-refractivity contribution in [1.29, 1.82) is 0 Å². The highest BCUT2D eigenvalue weighted by Crippen LogP contribution is 2.20. The summed E-state index contributed by atoms with van der Waals surface area (Å²) < 4.78 is 14.8. The molecule has 4 aromatic rings. The second kappa shape index (κ2) is 7.82. The molecule has 1 aliphatic rings. The standard InChI is InChI=1S/C22H22FN7O/c1-15-20(26-27-30(15)17-9-7-16(23)8-10-17)21(31)28-11-4-12-29(14-13-28)22-24-18-5-2-3-6-19(18)25-22/h2-3,5-10H,4,11-14H2,1H3,(H,24,25). The molecule has 0 unspecified atom stereocenters. The zero-order chi connectivity index (χ0) is 21.4. The number of para-hydroxylation sites is 2. The molecular formula is C22H22FN7O. The number of benzene rings is 2. The van der Waals surface area contributed by atoms with Crippen LogP contribution in [0, 0.1) is 12.7 Å². The van der Waals surface area contributed by atoms with Crippen LogP contribution in [0.2, 0.25) is 0 Å². The number of carbonyl (C=O) groups excluding carboxylic acids is 1. The quantitative estimate of drug-likeness (QED) is 0.552. The fourth-order valence-corrected chi connectivity index (χ4v) is 3.93. The van der Waals surface area contributed by atoms with Crippen molar-refractivity contribution in [3.63, 3.8) is 0 Å². The van der Waals surface area contributed by atoms with Gasteiger partial charge in [0, 0.05) is 26.2 Å². The van der Waals surface area contributed by atoms with Crippen molar-refractivity contribution in [2.75, 3.05) is 31.1 Å². The monoisotopic (exact) mass is 419 g/mol. The van der Waals surface area contributed by atoms with Crippen molar-refractivity contribution in [2.45, 2.75) is 13.3 Å². The molecule has 5 rings (SSSR count). The van der Waals surface area contributed by atoms with Crippen molar-refractivity contribution in [3.8, 4) is 5.69 Å². The van der Waals surface area contributed by atoms with E-state index in [0.717, 1.165) is 29.9 Å². The van der Waals surface area contributed by atoms with Crippen LogP contribution >= 0.6 is 0 Å². The van der Waals surface area contributed by atoms with Crippen LogP contribution in [0.4, 0.5) is 10.3 Å². The molecule has 31 heavy (non-hydrogen) atoms. The van der Waals surface area contributed by atoms with Crippen LogP contribution in [0.15, 0.2) is 48.5 Å². The van der Waals surface area contributed by atoms with Gasteiger partial charge >= 0.3 is 0 Å². The van der Waals surface area contributed by atoms with Crippen molar-refractivity contribution in [1.82, 2.24) is 29.9 Å². The van der Waals surface area contributed by atoms with Crippen LogP contribution in [0.25, 0.3) is 16.7 Å². The minimum Gasteiger partial charge on any atom is -0.341 e. The smallest absolute Gasteiger partial charge is 0.276 e. The van der Waals surface area contributed by atoms with Gasteiger partial charge in [0.25, 0.3) is 5.91 Å². The summed E-state index contributed by atoms with van der Waals surface area (Å²) in [6.07, 6.45) is 0.827. The number of amides is 1. The molecule has 158 valence electrons. The number of carbonyl (C=O) groups is 1. The van der Waals surface area contributed by atoms with Gasteiger partial charge in [-0.15, -0.1) is 5.10 Å². The maximum atomic E-state index is 13.2. The summed E-state index contributed by atoms with van der Waals surface area (Å²) in [4.78, 5) is 25.2. The molecular weight excluding hydrogens is 397 g/mol. The third kappa shape index (κ3) is 3.63. The highest BCUT2D eigenvalue weighted by molar-refractivity contribution is 5.93. The SMILES string of the molecule is Cc1c(C(=O)N2CCCN(c3nc4ccccc4[nH]3)CC2)nnn1-c1ccc(F)cc1. The van der Waals surface area contributed by atoms with E-state index < -0.39 is 0 Å². The van der Waals surface area contributed by atoms with Crippen LogP contribution in [-0.2, 0) is 0 Å². The lowest BCUT2D eigenvalue weighted by Gasteiger charge is -2.21. The number of aromatic amines is 1. The normalized spacial score (nSPS) is 14.8. The number of halogens is 1. The number of nitrogens with zero attached hydrogens (tertiary/aromatic N) is 6. The number of fused-ring (bicyclic) bond motifs is 1. The van der Waals surface area contributed by atoms with E-state index in [4.69, 9.17) is 0 Å². The highest BCUT2D eigenvalue weighted by Gasteiger charge is 2.26. The number of hydrogen-bond donors (Lipinski definition) is 1. The van der Waals surface area contributed by atoms with E-state index in [1.54, 1.807) is 23.7 Å². The Hall–Kier alpha value is -3.75. The summed E-state index contributed by atoms with van der Waals surface area (Å²) >= 11 is 0. The Labute approximate surface area is 178 Å². The number of H-pyrrole nitrogens is 1. The molecule has 0 radical (unpaired) electrons. The van der Waals surface area contributed by atoms with Crippen LogP contribution < -0.4 is 4.90 Å². The van der Waals surface area contributed by atoms with Gasteiger partial charge in [0.2, 0.25) is 5.95 Å². The molecule has 1 fully saturated rings. The Morgan fingerprint density at radius 3 is 2.65 bits per heavy atom. The number of imidazole rings is 1. The number of aromatic nitrogens is 5. The molecule has 0 atom stereocenters. The minimum absolute atomic E-state index is 0.141. The van der Waals surface area contributed by atoms with Crippen molar-refractivity contribution in [2.24, 2.45) is 0 Å². The van der Waals surface area contributed by atoms with Crippen LogP contribution in [0.5, 0.6) is 0 Å². The van der Waals surface area contributed by atoms with Gasteiger partial charge < -0.3 is 14.8 Å². The zero-order valence-corrected chi connectivity index (χ0v) is 17.1. The molecule has 2 aromatic carbocycles. The average Bonchev–Trinajstić information content (AvgIpc) is 3.29. The molecule has 0 bridgehead atoms. The third-order valence-corrected chi connectivity index (χ3v) is 5.63. The Morgan fingerprint density at radius 2 is 1.84 bits per heavy atom. The number of hydrogen-bond acceptors (Lipinski definition) is 5. The molecule has 0 aliphatic carbocycles. The van der Waals surface area contributed by atoms with Gasteiger partial charge in [0.1, 0.15) is 5.82 Å². The van der Waals surface area contributed by atoms with E-state index in [9.17, 15) is 9.18 Å². The van der Waals surface area contributed by atoms with Crippen LogP contribution in [0.1, 0.15) is 22.6 Å². The summed E-state index contributed by atoms with van der Waals surface area (Å²) in [6.45, 7) is 4.49. The first-order valence-electron chi connectivity index (χ1n) is 10.3. The Kier molecular flexibility index (Phi) is 4.85. The Morgan fingerprint density at radius 1 is 1.03 bits per heavy atom. The lowest BCUT2D eigenvalue weighted by molar-refractivity contribution is 0.0760. The molecule has 3 heterocycles. The highest BCUT2D eigenvalue weighted by atomic mass is 19.1. The molecule has 1 aliphatic heterocycles. The fraction of sp³-hybridized carbons (Fsp3) is 0.273. The maximum absolute atomic E-state index is 13.2. The summed E-state index contributed by atoms with van der Waals surface area (Å²) in [5, 5.41) is 8.24. The first-order valence-corrected chi connectivity index (χ1v) is 10.3. The van der Waals surface area contributed by atoms with Crippen LogP contribution in [0.3, 0.4) is 0 Å². The predicted octanol–water partition coefficient (Wildman–Crippen LogP) is 2.94. The van der Waals surface area contributed by atoms with Gasteiger partial charge in [-0.2, -0.15) is 0 Å². The largest absolute Gasteiger partial charge is 0.341 e. The van der Waals surface area contributed by atoms with Crippen molar-refractivity contribution >= 4 is 22.9 Å². The zero-order valence-electron chi connectivity index (χ0n) is 17.1. The number of nitrogens with one attached hydrogen (secondary N) is 1. The molecule has 1 N–H and O–H groups in total. The van der Waals surface area contributed by atoms with Crippen LogP contribution in [-0.4, -0.2) is 61.9 Å². The molecule has 8 nitrogen and oxygen atoms in total. The third-order valence-electron chi connectivity index (χ3n) is 5.63. The van der Waals surface area contributed by atoms with E-state index in [1.807, 2.05) is 29.2 Å². The van der Waals surface area contributed by atoms with E-state index in [-0.39, 0.29) is 11.7 Å². The van der Waals surface area contributed by atoms with Gasteiger partial charge in [-0.05, 0) is 49.7 Å². The summed E-state index contributed by atoms with van der Waals surface area (Å²) in [5.74, 6) is 0.364. The molecule has 1 amide bonds. The summed E-state index contributed by atoms with van der Waals surface area (Å²) in [5.41, 5.74) is 3.55. The second-order valence-corrected chi connectivity index (χ2v) is 7.62. The molecule has 0 saturated carbocycles. The van der Waals surface area contributed by atoms with Crippen molar-refractivity contribution in [3.05, 3.63) is 65.7 Å². The van der Waals surface area contributed by atoms with Gasteiger partial charge in [0.05, 0.1) is 22.4 Å². The van der Waals surface area contributed by atoms with Gasteiger partial charge in [-0.25, -0.2) is 14.1 Å². The molecule has 2 aromatic heterocycles. The predicted molar refractivity (Wildman–Crippen MR) is 115 cm³/mol. The minimum atomic E-state index is -0.323. The first kappa shape index (κ1) is 19.2. The number of rotatable bonds is 3. The van der Waals surface area contributed by atoms with E-state index in [1.165, 1.54) is 12.1 Å². The van der Waals surface area contributed by atoms with Crippen molar-refractivity contribution < 1.29 is 9.18 Å². The topological polar surface area (TPSA) is 82.9 Å². The van der Waals surface area contributed by atoms with E-state index in [2.05, 4.69) is 25.2 Å². The van der Waals surface area contributed by atoms with E-state index in [0.29, 0.717) is 36.7 Å². The molecule has 0 spiro atoms. The first-order chi connectivity index (χ1) is 15.1. The molecule has 9 heteroatoms. The average molecular weight is 419 g/mol. The second-order valence-electron chi connectivity index (χ2n) is 7.62.